The van der Waals surface area contributed by atoms with Gasteiger partial charge in [-0.15, -0.1) is 11.3 Å². The SMILES string of the molecule is Cc1ccc(C(=O)COC(=O)/C=C/c2cc(C)n(Cc3ccco3)c2C)s1. The van der Waals surface area contributed by atoms with Gasteiger partial charge in [-0.1, -0.05) is 0 Å². The summed E-state index contributed by atoms with van der Waals surface area (Å²) in [6.07, 6.45) is 4.72. The third kappa shape index (κ3) is 4.65. The molecule has 3 aromatic rings. The summed E-state index contributed by atoms with van der Waals surface area (Å²) >= 11 is 1.40. The fourth-order valence-corrected chi connectivity index (χ4v) is 3.59. The van der Waals surface area contributed by atoms with Gasteiger partial charge in [-0.3, -0.25) is 4.79 Å². The Kier molecular flexibility index (Phi) is 5.76. The summed E-state index contributed by atoms with van der Waals surface area (Å²) in [6, 6.07) is 9.41. The number of aromatic nitrogens is 1. The van der Waals surface area contributed by atoms with Gasteiger partial charge in [0.1, 0.15) is 5.76 Å². The second-order valence-corrected chi connectivity index (χ2v) is 7.55. The zero-order valence-electron chi connectivity index (χ0n) is 15.5. The van der Waals surface area contributed by atoms with E-state index in [0.29, 0.717) is 11.4 Å². The van der Waals surface area contributed by atoms with Crippen molar-refractivity contribution in [3.05, 3.63) is 75.1 Å². The lowest BCUT2D eigenvalue weighted by Crippen LogP contribution is -2.11. The van der Waals surface area contributed by atoms with Crippen molar-refractivity contribution in [2.45, 2.75) is 27.3 Å². The largest absolute Gasteiger partial charge is 0.467 e. The maximum absolute atomic E-state index is 12.0. The van der Waals surface area contributed by atoms with E-state index in [-0.39, 0.29) is 12.4 Å². The Hall–Kier alpha value is -2.86. The molecule has 3 aromatic heterocycles. The third-order valence-corrected chi connectivity index (χ3v) is 5.31. The van der Waals surface area contributed by atoms with Crippen molar-refractivity contribution in [1.82, 2.24) is 4.57 Å². The maximum atomic E-state index is 12.0. The van der Waals surface area contributed by atoms with E-state index >= 15 is 0 Å². The first-order valence-corrected chi connectivity index (χ1v) is 9.39. The molecule has 3 rings (SSSR count). The summed E-state index contributed by atoms with van der Waals surface area (Å²) in [5.41, 5.74) is 3.02. The van der Waals surface area contributed by atoms with Gasteiger partial charge in [0.05, 0.1) is 17.7 Å². The van der Waals surface area contributed by atoms with Gasteiger partial charge in [0, 0.05) is 22.3 Å². The Morgan fingerprint density at radius 3 is 2.70 bits per heavy atom. The van der Waals surface area contributed by atoms with Crippen LogP contribution < -0.4 is 0 Å². The molecular formula is C21H21NO4S. The zero-order valence-corrected chi connectivity index (χ0v) is 16.3. The van der Waals surface area contributed by atoms with E-state index in [2.05, 4.69) is 4.57 Å². The van der Waals surface area contributed by atoms with E-state index in [9.17, 15) is 9.59 Å². The molecule has 0 fully saturated rings. The van der Waals surface area contributed by atoms with Gasteiger partial charge >= 0.3 is 5.97 Å². The molecule has 0 atom stereocenters. The normalized spacial score (nSPS) is 11.2. The molecule has 0 radical (unpaired) electrons. The number of furan rings is 1. The Morgan fingerprint density at radius 1 is 1.22 bits per heavy atom. The fourth-order valence-electron chi connectivity index (χ4n) is 2.80. The van der Waals surface area contributed by atoms with E-state index in [4.69, 9.17) is 9.15 Å². The van der Waals surface area contributed by atoms with Crippen LogP contribution in [0, 0.1) is 20.8 Å². The van der Waals surface area contributed by atoms with Crippen molar-refractivity contribution in [2.24, 2.45) is 0 Å². The monoisotopic (exact) mass is 383 g/mol. The zero-order chi connectivity index (χ0) is 19.4. The first-order valence-electron chi connectivity index (χ1n) is 8.57. The number of ether oxygens (including phenoxy) is 1. The molecule has 6 heteroatoms. The van der Waals surface area contributed by atoms with Gasteiger partial charge in [0.2, 0.25) is 5.78 Å². The molecule has 0 aliphatic heterocycles. The van der Waals surface area contributed by atoms with Gasteiger partial charge < -0.3 is 13.7 Å². The minimum Gasteiger partial charge on any atom is -0.467 e. The van der Waals surface area contributed by atoms with Crippen LogP contribution in [0.15, 0.2) is 47.1 Å². The maximum Gasteiger partial charge on any atom is 0.331 e. The highest BCUT2D eigenvalue weighted by Gasteiger charge is 2.12. The number of ketones is 1. The first-order chi connectivity index (χ1) is 12.9. The number of esters is 1. The van der Waals surface area contributed by atoms with Crippen LogP contribution in [0.1, 0.15) is 37.3 Å². The van der Waals surface area contributed by atoms with Crippen molar-refractivity contribution >= 4 is 29.2 Å². The smallest absolute Gasteiger partial charge is 0.331 e. The van der Waals surface area contributed by atoms with E-state index in [0.717, 1.165) is 27.6 Å². The third-order valence-electron chi connectivity index (χ3n) is 4.27. The number of nitrogens with zero attached hydrogens (tertiary/aromatic N) is 1. The van der Waals surface area contributed by atoms with E-state index in [1.807, 2.05) is 45.0 Å². The number of rotatable bonds is 7. The molecule has 0 saturated heterocycles. The molecule has 0 aliphatic carbocycles. The number of aryl methyl sites for hydroxylation is 2. The number of hydrogen-bond acceptors (Lipinski definition) is 5. The van der Waals surface area contributed by atoms with Crippen molar-refractivity contribution in [2.75, 3.05) is 6.61 Å². The predicted molar refractivity (Wildman–Crippen MR) is 105 cm³/mol. The van der Waals surface area contributed by atoms with Gasteiger partial charge in [0.25, 0.3) is 0 Å². The average molecular weight is 383 g/mol. The minimum absolute atomic E-state index is 0.188. The molecule has 27 heavy (non-hydrogen) atoms. The Balaban J connectivity index is 1.60. The van der Waals surface area contributed by atoms with E-state index < -0.39 is 5.97 Å². The highest BCUT2D eigenvalue weighted by Crippen LogP contribution is 2.19. The van der Waals surface area contributed by atoms with E-state index in [1.165, 1.54) is 17.4 Å². The highest BCUT2D eigenvalue weighted by molar-refractivity contribution is 7.14. The quantitative estimate of drug-likeness (QED) is 0.341. The van der Waals surface area contributed by atoms with Crippen molar-refractivity contribution in [3.8, 4) is 0 Å². The Morgan fingerprint density at radius 2 is 2.04 bits per heavy atom. The molecule has 0 bridgehead atoms. The molecule has 140 valence electrons. The van der Waals surface area contributed by atoms with Crippen LogP contribution in [0.25, 0.3) is 6.08 Å². The summed E-state index contributed by atoms with van der Waals surface area (Å²) in [5.74, 6) is 0.146. The molecule has 0 N–H and O–H groups in total. The van der Waals surface area contributed by atoms with Crippen LogP contribution >= 0.6 is 11.3 Å². The van der Waals surface area contributed by atoms with Gasteiger partial charge in [0.15, 0.2) is 6.61 Å². The Bertz CT molecular complexity index is 976. The topological polar surface area (TPSA) is 61.4 Å². The molecule has 5 nitrogen and oxygen atoms in total. The standard InChI is InChI=1S/C21H21NO4S/c1-14-11-17(16(3)22(14)12-18-5-4-10-25-18)7-9-21(24)26-13-19(23)20-8-6-15(2)27-20/h4-11H,12-13H2,1-3H3/b9-7+. The molecule has 0 saturated carbocycles. The van der Waals surface area contributed by atoms with Crippen molar-refractivity contribution < 1.29 is 18.7 Å². The summed E-state index contributed by atoms with van der Waals surface area (Å²) < 4.78 is 12.6. The Labute approximate surface area is 161 Å². The second-order valence-electron chi connectivity index (χ2n) is 6.27. The van der Waals surface area contributed by atoms with Crippen LogP contribution in [0.3, 0.4) is 0 Å². The fraction of sp³-hybridized carbons (Fsp3) is 0.238. The van der Waals surface area contributed by atoms with E-state index in [1.54, 1.807) is 18.4 Å². The molecule has 0 amide bonds. The minimum atomic E-state index is -0.535. The van der Waals surface area contributed by atoms with Crippen LogP contribution in [0.5, 0.6) is 0 Å². The van der Waals surface area contributed by atoms with Crippen LogP contribution in [0.2, 0.25) is 0 Å². The highest BCUT2D eigenvalue weighted by atomic mass is 32.1. The number of carbonyl (C=O) groups excluding carboxylic acids is 2. The van der Waals surface area contributed by atoms with Gasteiger partial charge in [-0.25, -0.2) is 4.79 Å². The molecule has 0 aromatic carbocycles. The number of Topliss-reactive ketones (excluding diaryl/α,β-unsaturated/α-hetero) is 1. The first kappa shape index (κ1) is 18.9. The average Bonchev–Trinajstić information content (AvgIpc) is 3.36. The molecule has 0 spiro atoms. The molecular weight excluding hydrogens is 362 g/mol. The van der Waals surface area contributed by atoms with Gasteiger partial charge in [-0.05, 0) is 62.7 Å². The lowest BCUT2D eigenvalue weighted by molar-refractivity contribution is -0.136. The van der Waals surface area contributed by atoms with Crippen LogP contribution in [0.4, 0.5) is 0 Å². The lowest BCUT2D eigenvalue weighted by atomic mass is 10.2. The van der Waals surface area contributed by atoms with Crippen molar-refractivity contribution in [3.63, 3.8) is 0 Å². The summed E-state index contributed by atoms with van der Waals surface area (Å²) in [6.45, 7) is 6.31. The summed E-state index contributed by atoms with van der Waals surface area (Å²) in [7, 11) is 0. The molecule has 0 aliphatic rings. The molecule has 3 heterocycles. The van der Waals surface area contributed by atoms with Crippen molar-refractivity contribution in [1.29, 1.82) is 0 Å². The predicted octanol–water partition coefficient (Wildman–Crippen LogP) is 4.56. The summed E-state index contributed by atoms with van der Waals surface area (Å²) in [4.78, 5) is 25.6. The second kappa shape index (κ2) is 8.22. The number of thiophene rings is 1. The van der Waals surface area contributed by atoms with Gasteiger partial charge in [-0.2, -0.15) is 0 Å². The lowest BCUT2D eigenvalue weighted by Gasteiger charge is -2.07. The summed E-state index contributed by atoms with van der Waals surface area (Å²) in [5, 5.41) is 0. The van der Waals surface area contributed by atoms with Crippen LogP contribution in [-0.2, 0) is 16.1 Å². The number of hydrogen-bond donors (Lipinski definition) is 0. The number of carbonyl (C=O) groups is 2. The molecule has 0 unspecified atom stereocenters. The van der Waals surface area contributed by atoms with Crippen LogP contribution in [-0.4, -0.2) is 22.9 Å².